The lowest BCUT2D eigenvalue weighted by Gasteiger charge is -2.27. The number of aromatic hydroxyl groups is 1. The quantitative estimate of drug-likeness (QED) is 0.815. The van der Waals surface area contributed by atoms with Gasteiger partial charge in [-0.2, -0.15) is 0 Å². The zero-order valence-corrected chi connectivity index (χ0v) is 9.76. The Morgan fingerprint density at radius 1 is 1.00 bits per heavy atom. The van der Waals surface area contributed by atoms with Crippen molar-refractivity contribution in [2.24, 2.45) is 0 Å². The maximum Gasteiger partial charge on any atom is 0.129 e. The lowest BCUT2D eigenvalue weighted by Crippen LogP contribution is -2.30. The van der Waals surface area contributed by atoms with Crippen LogP contribution < -0.4 is 4.90 Å². The third-order valence-electron chi connectivity index (χ3n) is 3.34. The van der Waals surface area contributed by atoms with Gasteiger partial charge in [0, 0.05) is 24.5 Å². The average Bonchev–Trinajstić information content (AvgIpc) is 2.39. The Hall–Kier alpha value is -1.77. The molecule has 0 spiro atoms. The van der Waals surface area contributed by atoms with Crippen LogP contribution in [0.3, 0.4) is 0 Å². The summed E-state index contributed by atoms with van der Waals surface area (Å²) in [4.78, 5) is 6.95. The highest BCUT2D eigenvalue weighted by molar-refractivity contribution is 5.81. The molecule has 1 N–H and O–H groups in total. The second kappa shape index (κ2) is 4.24. The van der Waals surface area contributed by atoms with Crippen molar-refractivity contribution in [3.05, 3.63) is 30.3 Å². The molecule has 0 radical (unpaired) electrons. The van der Waals surface area contributed by atoms with E-state index in [1.807, 2.05) is 6.07 Å². The Morgan fingerprint density at radius 3 is 2.59 bits per heavy atom. The number of fused-ring (bicyclic) bond motifs is 1. The van der Waals surface area contributed by atoms with Gasteiger partial charge < -0.3 is 10.0 Å². The Kier molecular flexibility index (Phi) is 2.59. The molecule has 0 amide bonds. The Bertz CT molecular complexity index is 533. The first kappa shape index (κ1) is 10.4. The normalized spacial score (nSPS) is 16.4. The molecule has 2 aromatic rings. The summed E-state index contributed by atoms with van der Waals surface area (Å²) in [5.41, 5.74) is 0.869. The predicted molar refractivity (Wildman–Crippen MR) is 69.5 cm³/mol. The van der Waals surface area contributed by atoms with Crippen molar-refractivity contribution in [2.45, 2.75) is 19.3 Å². The van der Waals surface area contributed by atoms with Crippen LogP contribution in [-0.2, 0) is 0 Å². The van der Waals surface area contributed by atoms with E-state index in [2.05, 4.69) is 22.0 Å². The van der Waals surface area contributed by atoms with Gasteiger partial charge in [-0.3, -0.25) is 0 Å². The molecule has 3 nitrogen and oxygen atoms in total. The number of nitrogens with zero attached hydrogens (tertiary/aromatic N) is 2. The molecule has 17 heavy (non-hydrogen) atoms. The van der Waals surface area contributed by atoms with Crippen LogP contribution in [-0.4, -0.2) is 23.2 Å². The lowest BCUT2D eigenvalue weighted by atomic mass is 10.1. The van der Waals surface area contributed by atoms with Crippen molar-refractivity contribution >= 4 is 16.7 Å². The third kappa shape index (κ3) is 2.05. The molecular weight excluding hydrogens is 212 g/mol. The molecule has 2 heterocycles. The van der Waals surface area contributed by atoms with Crippen LogP contribution in [0, 0.1) is 0 Å². The van der Waals surface area contributed by atoms with Crippen LogP contribution in [0.15, 0.2) is 30.3 Å². The molecule has 3 rings (SSSR count). The number of phenolic OH excluding ortho intramolecular Hbond substituents is 1. The molecule has 1 aromatic heterocycles. The Balaban J connectivity index is 1.99. The number of piperidine rings is 1. The molecule has 3 heteroatoms. The minimum Gasteiger partial charge on any atom is -0.508 e. The SMILES string of the molecule is Oc1ccc2ccc(N3CCCCC3)nc2c1. The van der Waals surface area contributed by atoms with Crippen molar-refractivity contribution in [2.75, 3.05) is 18.0 Å². The van der Waals surface area contributed by atoms with Gasteiger partial charge in [-0.05, 0) is 43.5 Å². The number of anilines is 1. The number of rotatable bonds is 1. The van der Waals surface area contributed by atoms with Crippen LogP contribution in [0.5, 0.6) is 5.75 Å². The second-order valence-corrected chi connectivity index (χ2v) is 4.59. The number of hydrogen-bond acceptors (Lipinski definition) is 3. The van der Waals surface area contributed by atoms with E-state index in [0.29, 0.717) is 0 Å². The van der Waals surface area contributed by atoms with Crippen molar-refractivity contribution < 1.29 is 5.11 Å². The summed E-state index contributed by atoms with van der Waals surface area (Å²) in [6.07, 6.45) is 3.82. The largest absolute Gasteiger partial charge is 0.508 e. The summed E-state index contributed by atoms with van der Waals surface area (Å²) in [6, 6.07) is 9.47. The van der Waals surface area contributed by atoms with Crippen LogP contribution >= 0.6 is 0 Å². The fourth-order valence-corrected chi connectivity index (χ4v) is 2.39. The van der Waals surface area contributed by atoms with E-state index in [0.717, 1.165) is 29.8 Å². The number of aromatic nitrogens is 1. The van der Waals surface area contributed by atoms with Crippen LogP contribution in [0.4, 0.5) is 5.82 Å². The van der Waals surface area contributed by atoms with Gasteiger partial charge in [0.1, 0.15) is 11.6 Å². The number of hydrogen-bond donors (Lipinski definition) is 1. The molecule has 0 saturated carbocycles. The van der Waals surface area contributed by atoms with Gasteiger partial charge in [0.15, 0.2) is 0 Å². The number of benzene rings is 1. The summed E-state index contributed by atoms with van der Waals surface area (Å²) in [5, 5.41) is 10.6. The summed E-state index contributed by atoms with van der Waals surface area (Å²) in [6.45, 7) is 2.19. The van der Waals surface area contributed by atoms with E-state index in [1.165, 1.54) is 19.3 Å². The van der Waals surface area contributed by atoms with E-state index in [-0.39, 0.29) is 5.75 Å². The lowest BCUT2D eigenvalue weighted by molar-refractivity contribution is 0.476. The molecular formula is C14H16N2O. The topological polar surface area (TPSA) is 36.4 Å². The third-order valence-corrected chi connectivity index (χ3v) is 3.34. The molecule has 0 bridgehead atoms. The highest BCUT2D eigenvalue weighted by Gasteiger charge is 2.12. The van der Waals surface area contributed by atoms with Gasteiger partial charge in [0.05, 0.1) is 5.52 Å². The maximum atomic E-state index is 9.48. The molecule has 1 fully saturated rings. The maximum absolute atomic E-state index is 9.48. The number of phenols is 1. The average molecular weight is 228 g/mol. The monoisotopic (exact) mass is 228 g/mol. The predicted octanol–water partition coefficient (Wildman–Crippen LogP) is 2.93. The first-order chi connectivity index (χ1) is 8.33. The highest BCUT2D eigenvalue weighted by Crippen LogP contribution is 2.23. The Labute approximate surface area is 101 Å². The van der Waals surface area contributed by atoms with Crippen LogP contribution in [0.1, 0.15) is 19.3 Å². The zero-order valence-electron chi connectivity index (χ0n) is 9.76. The first-order valence-corrected chi connectivity index (χ1v) is 6.18. The van der Waals surface area contributed by atoms with Crippen molar-refractivity contribution in [1.82, 2.24) is 4.98 Å². The zero-order chi connectivity index (χ0) is 11.7. The standard InChI is InChI=1S/C14H16N2O/c17-12-6-4-11-5-7-14(15-13(11)10-12)16-8-2-1-3-9-16/h4-7,10,17H,1-3,8-9H2. The summed E-state index contributed by atoms with van der Waals surface area (Å²) >= 11 is 0. The molecule has 0 atom stereocenters. The van der Waals surface area contributed by atoms with E-state index < -0.39 is 0 Å². The van der Waals surface area contributed by atoms with Gasteiger partial charge >= 0.3 is 0 Å². The molecule has 1 saturated heterocycles. The molecule has 1 aromatic carbocycles. The van der Waals surface area contributed by atoms with Gasteiger partial charge in [-0.15, -0.1) is 0 Å². The second-order valence-electron chi connectivity index (χ2n) is 4.59. The van der Waals surface area contributed by atoms with E-state index in [4.69, 9.17) is 0 Å². The van der Waals surface area contributed by atoms with E-state index in [9.17, 15) is 5.11 Å². The Morgan fingerprint density at radius 2 is 1.76 bits per heavy atom. The fraction of sp³-hybridized carbons (Fsp3) is 0.357. The molecule has 88 valence electrons. The highest BCUT2D eigenvalue weighted by atomic mass is 16.3. The summed E-state index contributed by atoms with van der Waals surface area (Å²) in [5.74, 6) is 1.31. The summed E-state index contributed by atoms with van der Waals surface area (Å²) < 4.78 is 0. The fourth-order valence-electron chi connectivity index (χ4n) is 2.39. The summed E-state index contributed by atoms with van der Waals surface area (Å²) in [7, 11) is 0. The van der Waals surface area contributed by atoms with Gasteiger partial charge in [-0.1, -0.05) is 0 Å². The van der Waals surface area contributed by atoms with Gasteiger partial charge in [0.25, 0.3) is 0 Å². The minimum absolute atomic E-state index is 0.279. The van der Waals surface area contributed by atoms with Gasteiger partial charge in [-0.25, -0.2) is 4.98 Å². The molecule has 1 aliphatic heterocycles. The van der Waals surface area contributed by atoms with E-state index >= 15 is 0 Å². The molecule has 1 aliphatic rings. The van der Waals surface area contributed by atoms with Gasteiger partial charge in [0.2, 0.25) is 0 Å². The van der Waals surface area contributed by atoms with E-state index in [1.54, 1.807) is 12.1 Å². The molecule has 0 aliphatic carbocycles. The molecule has 0 unspecified atom stereocenters. The van der Waals surface area contributed by atoms with Crippen molar-refractivity contribution in [3.63, 3.8) is 0 Å². The van der Waals surface area contributed by atoms with Crippen molar-refractivity contribution in [1.29, 1.82) is 0 Å². The smallest absolute Gasteiger partial charge is 0.129 e. The van der Waals surface area contributed by atoms with Crippen LogP contribution in [0.25, 0.3) is 10.9 Å². The van der Waals surface area contributed by atoms with Crippen molar-refractivity contribution in [3.8, 4) is 5.75 Å². The first-order valence-electron chi connectivity index (χ1n) is 6.18. The van der Waals surface area contributed by atoms with Crippen LogP contribution in [0.2, 0.25) is 0 Å². The minimum atomic E-state index is 0.279. The number of pyridine rings is 1.